The quantitative estimate of drug-likeness (QED) is 0.282. The molecule has 2 amide bonds. The van der Waals surface area contributed by atoms with Crippen molar-refractivity contribution in [1.82, 2.24) is 19.9 Å². The number of imide groups is 1. The zero-order chi connectivity index (χ0) is 28.4. The maximum absolute atomic E-state index is 12.6. The smallest absolute Gasteiger partial charge is 0.261 e. The van der Waals surface area contributed by atoms with Crippen LogP contribution in [0.5, 0.6) is 5.75 Å². The molecular formula is C33H30N4O3. The predicted molar refractivity (Wildman–Crippen MR) is 154 cm³/mol. The van der Waals surface area contributed by atoms with E-state index in [2.05, 4.69) is 68.2 Å². The first-order valence-corrected chi connectivity index (χ1v) is 13.2. The van der Waals surface area contributed by atoms with Gasteiger partial charge in [0.2, 0.25) is 0 Å². The predicted octanol–water partition coefficient (Wildman–Crippen LogP) is 6.00. The Morgan fingerprint density at radius 2 is 1.12 bits per heavy atom. The van der Waals surface area contributed by atoms with E-state index in [1.807, 2.05) is 42.5 Å². The summed E-state index contributed by atoms with van der Waals surface area (Å²) in [5, 5.41) is 21.1. The Hall–Kier alpha value is -4.78. The van der Waals surface area contributed by atoms with Crippen LogP contribution in [0.3, 0.4) is 0 Å². The van der Waals surface area contributed by atoms with Crippen LogP contribution in [0.25, 0.3) is 16.7 Å². The second kappa shape index (κ2) is 8.88. The van der Waals surface area contributed by atoms with Gasteiger partial charge in [-0.05, 0) is 34.9 Å². The number of phenols is 1. The van der Waals surface area contributed by atoms with Crippen LogP contribution in [0.4, 0.5) is 0 Å². The molecule has 1 aliphatic heterocycles. The minimum absolute atomic E-state index is 0.0706. The molecular weight excluding hydrogens is 500 g/mol. The molecule has 0 saturated heterocycles. The summed E-state index contributed by atoms with van der Waals surface area (Å²) in [5.74, 6) is -0.656. The number of fused-ring (bicyclic) bond motifs is 2. The van der Waals surface area contributed by atoms with E-state index in [0.29, 0.717) is 27.8 Å². The van der Waals surface area contributed by atoms with Gasteiger partial charge in [0.05, 0.1) is 11.1 Å². The number of carbonyl (C=O) groups excluding carboxylic acids is 2. The van der Waals surface area contributed by atoms with E-state index in [4.69, 9.17) is 0 Å². The van der Waals surface area contributed by atoms with Gasteiger partial charge in [-0.15, -0.1) is 15.0 Å². The van der Waals surface area contributed by atoms with Crippen LogP contribution in [0.1, 0.15) is 70.7 Å². The van der Waals surface area contributed by atoms with Crippen molar-refractivity contribution < 1.29 is 14.7 Å². The summed E-state index contributed by atoms with van der Waals surface area (Å²) in [6.45, 7) is 8.49. The third-order valence-corrected chi connectivity index (χ3v) is 8.28. The molecule has 0 radical (unpaired) electrons. The van der Waals surface area contributed by atoms with E-state index in [9.17, 15) is 14.7 Å². The van der Waals surface area contributed by atoms with Crippen LogP contribution in [0.15, 0.2) is 84.9 Å². The van der Waals surface area contributed by atoms with E-state index in [1.54, 1.807) is 12.1 Å². The van der Waals surface area contributed by atoms with Crippen molar-refractivity contribution in [3.05, 3.63) is 118 Å². The minimum Gasteiger partial charge on any atom is -0.505 e. The van der Waals surface area contributed by atoms with Crippen LogP contribution < -0.4 is 0 Å². The van der Waals surface area contributed by atoms with Crippen molar-refractivity contribution in [2.24, 2.45) is 0 Å². The topological polar surface area (TPSA) is 88.3 Å². The lowest BCUT2D eigenvalue weighted by Gasteiger charge is -2.32. The number of aromatic nitrogens is 3. The van der Waals surface area contributed by atoms with Crippen LogP contribution in [0.2, 0.25) is 0 Å². The van der Waals surface area contributed by atoms with Crippen LogP contribution in [-0.2, 0) is 10.8 Å². The fourth-order valence-electron chi connectivity index (χ4n) is 5.52. The van der Waals surface area contributed by atoms with E-state index in [-0.39, 0.29) is 17.6 Å². The number of benzene rings is 4. The summed E-state index contributed by atoms with van der Waals surface area (Å²) >= 11 is 0. The van der Waals surface area contributed by atoms with Crippen molar-refractivity contribution in [2.75, 3.05) is 7.05 Å². The number of nitrogens with zero attached hydrogens (tertiary/aromatic N) is 4. The molecule has 40 heavy (non-hydrogen) atoms. The molecule has 1 N–H and O–H groups in total. The van der Waals surface area contributed by atoms with Crippen molar-refractivity contribution in [3.8, 4) is 11.4 Å². The van der Waals surface area contributed by atoms with Gasteiger partial charge >= 0.3 is 0 Å². The van der Waals surface area contributed by atoms with Crippen molar-refractivity contribution in [2.45, 2.75) is 38.5 Å². The van der Waals surface area contributed by atoms with Gasteiger partial charge in [0.25, 0.3) is 11.8 Å². The molecule has 200 valence electrons. The van der Waals surface area contributed by atoms with E-state index in [1.165, 1.54) is 11.8 Å². The Kier molecular flexibility index (Phi) is 5.66. The van der Waals surface area contributed by atoms with Crippen LogP contribution in [0, 0.1) is 0 Å². The number of hydrogen-bond donors (Lipinski definition) is 1. The number of carbonyl (C=O) groups is 2. The van der Waals surface area contributed by atoms with Gasteiger partial charge in [0, 0.05) is 23.4 Å². The fourth-order valence-corrected chi connectivity index (χ4v) is 5.52. The first-order chi connectivity index (χ1) is 19.0. The van der Waals surface area contributed by atoms with Crippen molar-refractivity contribution >= 4 is 22.8 Å². The largest absolute Gasteiger partial charge is 0.505 e. The summed E-state index contributed by atoms with van der Waals surface area (Å²) < 4.78 is 0. The Labute approximate surface area is 232 Å². The summed E-state index contributed by atoms with van der Waals surface area (Å²) in [6, 6.07) is 27.5. The zero-order valence-corrected chi connectivity index (χ0v) is 23.1. The molecule has 7 nitrogen and oxygen atoms in total. The highest BCUT2D eigenvalue weighted by Crippen LogP contribution is 2.44. The standard InChI is InChI=1S/C33H30N4O3/c1-32(2,20-12-8-6-9-13-20)22-16-25(33(3,4)21-14-10-7-11-15-21)29(38)28(17-22)37-34-26-18-23-24(19-27(26)35-37)31(40)36(5)30(23)39/h6-19,38H,1-5H3. The lowest BCUT2D eigenvalue weighted by atomic mass is 9.72. The summed E-state index contributed by atoms with van der Waals surface area (Å²) in [5.41, 5.74) is 4.94. The van der Waals surface area contributed by atoms with Crippen molar-refractivity contribution in [3.63, 3.8) is 0 Å². The third-order valence-electron chi connectivity index (χ3n) is 8.28. The molecule has 0 atom stereocenters. The molecule has 0 unspecified atom stereocenters. The zero-order valence-electron chi connectivity index (χ0n) is 23.1. The normalized spacial score (nSPS) is 13.8. The van der Waals surface area contributed by atoms with Gasteiger partial charge in [-0.25, -0.2) is 0 Å². The Bertz CT molecular complexity index is 1750. The van der Waals surface area contributed by atoms with Crippen LogP contribution in [-0.4, -0.2) is 43.9 Å². The average molecular weight is 531 g/mol. The van der Waals surface area contributed by atoms with Crippen molar-refractivity contribution in [1.29, 1.82) is 0 Å². The highest BCUT2D eigenvalue weighted by atomic mass is 16.3. The molecule has 1 aliphatic rings. The number of amides is 2. The minimum atomic E-state index is -0.542. The van der Waals surface area contributed by atoms with Gasteiger partial charge in [0.1, 0.15) is 22.5 Å². The van der Waals surface area contributed by atoms with E-state index >= 15 is 0 Å². The van der Waals surface area contributed by atoms with Gasteiger partial charge in [-0.1, -0.05) is 94.4 Å². The molecule has 5 aromatic rings. The maximum atomic E-state index is 12.6. The van der Waals surface area contributed by atoms with E-state index in [0.717, 1.165) is 27.2 Å². The average Bonchev–Trinajstić information content (AvgIpc) is 3.47. The molecule has 7 heteroatoms. The number of hydrogen-bond acceptors (Lipinski definition) is 5. The van der Waals surface area contributed by atoms with Crippen LogP contribution >= 0.6 is 0 Å². The van der Waals surface area contributed by atoms with E-state index < -0.39 is 10.8 Å². The molecule has 6 rings (SSSR count). The second-order valence-corrected chi connectivity index (χ2v) is 11.4. The summed E-state index contributed by atoms with van der Waals surface area (Å²) in [4.78, 5) is 27.6. The lowest BCUT2D eigenvalue weighted by Crippen LogP contribution is -2.24. The molecule has 2 heterocycles. The molecule has 0 aliphatic carbocycles. The Morgan fingerprint density at radius 1 is 0.650 bits per heavy atom. The Morgan fingerprint density at radius 3 is 1.62 bits per heavy atom. The fraction of sp³-hybridized carbons (Fsp3) is 0.212. The monoisotopic (exact) mass is 530 g/mol. The lowest BCUT2D eigenvalue weighted by molar-refractivity contribution is 0.0693. The number of aromatic hydroxyl groups is 1. The first-order valence-electron chi connectivity index (χ1n) is 13.2. The molecule has 0 spiro atoms. The summed E-state index contributed by atoms with van der Waals surface area (Å²) in [6.07, 6.45) is 0. The first kappa shape index (κ1) is 25.5. The van der Waals surface area contributed by atoms with Gasteiger partial charge in [-0.2, -0.15) is 0 Å². The molecule has 0 bridgehead atoms. The number of rotatable bonds is 5. The maximum Gasteiger partial charge on any atom is 0.261 e. The van der Waals surface area contributed by atoms with Gasteiger partial charge in [0.15, 0.2) is 0 Å². The third kappa shape index (κ3) is 3.80. The Balaban J connectivity index is 1.58. The summed E-state index contributed by atoms with van der Waals surface area (Å²) in [7, 11) is 1.46. The highest BCUT2D eigenvalue weighted by Gasteiger charge is 2.35. The molecule has 0 fully saturated rings. The van der Waals surface area contributed by atoms with Gasteiger partial charge in [-0.3, -0.25) is 14.5 Å². The number of phenolic OH excluding ortho intramolecular Hbond substituents is 1. The molecule has 0 saturated carbocycles. The molecule has 4 aromatic carbocycles. The SMILES string of the molecule is CN1C(=O)c2cc3nn(-c4cc(C(C)(C)c5ccccc5)cc(C(C)(C)c5ccccc5)c4O)nc3cc2C1=O. The van der Waals surface area contributed by atoms with Gasteiger partial charge < -0.3 is 5.11 Å². The second-order valence-electron chi connectivity index (χ2n) is 11.4. The highest BCUT2D eigenvalue weighted by molar-refractivity contribution is 6.22. The molecule has 1 aromatic heterocycles.